The first kappa shape index (κ1) is 20.8. The summed E-state index contributed by atoms with van der Waals surface area (Å²) in [5, 5.41) is 3.82. The second-order valence-corrected chi connectivity index (χ2v) is 7.87. The van der Waals surface area contributed by atoms with Crippen LogP contribution in [-0.2, 0) is 9.53 Å². The maximum Gasteiger partial charge on any atom is 0.339 e. The lowest BCUT2D eigenvalue weighted by Gasteiger charge is -2.33. The second kappa shape index (κ2) is 8.37. The van der Waals surface area contributed by atoms with Gasteiger partial charge in [0.25, 0.3) is 0 Å². The average Bonchev–Trinajstić information content (AvgIpc) is 3.06. The van der Waals surface area contributed by atoms with E-state index < -0.39 is 5.97 Å². The van der Waals surface area contributed by atoms with Gasteiger partial charge in [-0.15, -0.1) is 0 Å². The highest BCUT2D eigenvalue weighted by atomic mass is 16.5. The van der Waals surface area contributed by atoms with Gasteiger partial charge in [0.15, 0.2) is 0 Å². The third-order valence-corrected chi connectivity index (χ3v) is 5.80. The van der Waals surface area contributed by atoms with Crippen molar-refractivity contribution in [1.29, 1.82) is 0 Å². The number of amides is 1. The molecule has 162 valence electrons. The summed E-state index contributed by atoms with van der Waals surface area (Å²) in [6, 6.07) is 6.86. The number of aryl methyl sites for hydroxylation is 3. The van der Waals surface area contributed by atoms with Crippen LogP contribution in [0, 0.1) is 26.7 Å². The molecule has 0 saturated carbocycles. The van der Waals surface area contributed by atoms with Crippen molar-refractivity contribution in [3.63, 3.8) is 0 Å². The Bertz CT molecular complexity index is 1150. The summed E-state index contributed by atoms with van der Waals surface area (Å²) < 4.78 is 10.6. The van der Waals surface area contributed by atoms with E-state index in [0.29, 0.717) is 29.3 Å². The van der Waals surface area contributed by atoms with Crippen molar-refractivity contribution in [3.05, 3.63) is 47.0 Å². The van der Waals surface area contributed by atoms with E-state index in [-0.39, 0.29) is 11.8 Å². The van der Waals surface area contributed by atoms with Gasteiger partial charge in [-0.3, -0.25) is 4.79 Å². The van der Waals surface area contributed by atoms with E-state index in [1.165, 1.54) is 7.11 Å². The van der Waals surface area contributed by atoms with Crippen LogP contribution < -0.4 is 10.2 Å². The lowest BCUT2D eigenvalue weighted by atomic mass is 9.96. The molecule has 8 nitrogen and oxygen atoms in total. The monoisotopic (exact) mass is 422 g/mol. The molecule has 0 aliphatic carbocycles. The van der Waals surface area contributed by atoms with Crippen LogP contribution in [0.15, 0.2) is 28.7 Å². The fraction of sp³-hybridized carbons (Fsp3) is 0.391. The zero-order chi connectivity index (χ0) is 22.1. The molecule has 3 heterocycles. The summed E-state index contributed by atoms with van der Waals surface area (Å²) in [5.74, 6) is 1.42. The van der Waals surface area contributed by atoms with E-state index in [1.807, 2.05) is 20.8 Å². The van der Waals surface area contributed by atoms with E-state index in [4.69, 9.17) is 9.15 Å². The molecular weight excluding hydrogens is 396 g/mol. The molecule has 1 aliphatic rings. The van der Waals surface area contributed by atoms with Gasteiger partial charge in [0.05, 0.1) is 29.7 Å². The maximum atomic E-state index is 13.1. The number of methoxy groups -OCH3 is 1. The summed E-state index contributed by atoms with van der Waals surface area (Å²) in [7, 11) is 1.32. The lowest BCUT2D eigenvalue weighted by Crippen LogP contribution is -2.41. The number of nitrogens with one attached hydrogen (secondary N) is 1. The maximum absolute atomic E-state index is 13.1. The number of piperidine rings is 1. The fourth-order valence-electron chi connectivity index (χ4n) is 4.06. The third kappa shape index (κ3) is 3.97. The molecule has 1 unspecified atom stereocenters. The molecule has 1 saturated heterocycles. The number of nitrogens with zero attached hydrogens (tertiary/aromatic N) is 3. The van der Waals surface area contributed by atoms with Gasteiger partial charge in [-0.1, -0.05) is 12.1 Å². The summed E-state index contributed by atoms with van der Waals surface area (Å²) in [6.07, 6.45) is 1.62. The molecule has 8 heteroatoms. The van der Waals surface area contributed by atoms with Gasteiger partial charge < -0.3 is 19.4 Å². The summed E-state index contributed by atoms with van der Waals surface area (Å²) >= 11 is 0. The molecule has 0 radical (unpaired) electrons. The number of carbonyl (C=O) groups is 2. The molecule has 3 aromatic rings. The first-order chi connectivity index (χ1) is 14.9. The molecule has 1 aromatic carbocycles. The van der Waals surface area contributed by atoms with Crippen molar-refractivity contribution < 1.29 is 18.7 Å². The van der Waals surface area contributed by atoms with E-state index in [1.54, 1.807) is 24.3 Å². The molecule has 1 N–H and O–H groups in total. The van der Waals surface area contributed by atoms with Gasteiger partial charge in [0, 0.05) is 18.7 Å². The van der Waals surface area contributed by atoms with Crippen LogP contribution in [0.4, 0.5) is 11.5 Å². The Morgan fingerprint density at radius 1 is 1.19 bits per heavy atom. The molecule has 0 spiro atoms. The van der Waals surface area contributed by atoms with Gasteiger partial charge in [-0.05, 0) is 45.7 Å². The van der Waals surface area contributed by atoms with Crippen LogP contribution in [-0.4, -0.2) is 42.0 Å². The first-order valence-electron chi connectivity index (χ1n) is 10.4. The zero-order valence-electron chi connectivity index (χ0n) is 18.2. The molecule has 0 bridgehead atoms. The topological polar surface area (TPSA) is 97.6 Å². The number of ether oxygens (including phenoxy) is 1. The van der Waals surface area contributed by atoms with Gasteiger partial charge in [-0.25, -0.2) is 9.78 Å². The predicted molar refractivity (Wildman–Crippen MR) is 117 cm³/mol. The van der Waals surface area contributed by atoms with Crippen molar-refractivity contribution in [2.24, 2.45) is 5.92 Å². The third-order valence-electron chi connectivity index (χ3n) is 5.80. The summed E-state index contributed by atoms with van der Waals surface area (Å²) in [6.45, 7) is 7.09. The normalized spacial score (nSPS) is 16.4. The van der Waals surface area contributed by atoms with Gasteiger partial charge in [-0.2, -0.15) is 4.98 Å². The van der Waals surface area contributed by atoms with Crippen LogP contribution in [0.2, 0.25) is 0 Å². The highest BCUT2D eigenvalue weighted by molar-refractivity contribution is 6.02. The van der Waals surface area contributed by atoms with Crippen LogP contribution in [0.5, 0.6) is 0 Å². The van der Waals surface area contributed by atoms with E-state index in [0.717, 1.165) is 41.9 Å². The van der Waals surface area contributed by atoms with Gasteiger partial charge >= 0.3 is 5.97 Å². The molecule has 4 rings (SSSR count). The largest absolute Gasteiger partial charge is 0.465 e. The number of rotatable bonds is 4. The number of furan rings is 1. The Kier molecular flexibility index (Phi) is 5.63. The van der Waals surface area contributed by atoms with E-state index >= 15 is 0 Å². The van der Waals surface area contributed by atoms with E-state index in [2.05, 4.69) is 20.2 Å². The smallest absolute Gasteiger partial charge is 0.339 e. The standard InChI is InChI=1S/C23H26N4O4/c1-13-14(2)31-22-19(13)20(24-15(3)25-22)27-11-7-8-16(12-27)21(28)26-18-10-6-5-9-17(18)23(29)30-4/h5-6,9-10,16H,7-8,11-12H2,1-4H3,(H,26,28). The number of benzene rings is 1. The number of fused-ring (bicyclic) bond motifs is 1. The minimum absolute atomic E-state index is 0.122. The first-order valence-corrected chi connectivity index (χ1v) is 10.4. The highest BCUT2D eigenvalue weighted by Gasteiger charge is 2.29. The van der Waals surface area contributed by atoms with Gasteiger partial charge in [0.1, 0.15) is 17.4 Å². The van der Waals surface area contributed by atoms with Crippen molar-refractivity contribution >= 4 is 34.5 Å². The van der Waals surface area contributed by atoms with Crippen molar-refractivity contribution in [3.8, 4) is 0 Å². The van der Waals surface area contributed by atoms with Crippen molar-refractivity contribution in [2.45, 2.75) is 33.6 Å². The Morgan fingerprint density at radius 2 is 1.97 bits per heavy atom. The Morgan fingerprint density at radius 3 is 2.74 bits per heavy atom. The summed E-state index contributed by atoms with van der Waals surface area (Å²) in [4.78, 5) is 36.3. The van der Waals surface area contributed by atoms with Crippen LogP contribution >= 0.6 is 0 Å². The molecule has 1 aliphatic heterocycles. The Labute approximate surface area is 180 Å². The number of para-hydroxylation sites is 1. The Hall–Kier alpha value is -3.42. The van der Waals surface area contributed by atoms with E-state index in [9.17, 15) is 9.59 Å². The quantitative estimate of drug-likeness (QED) is 0.639. The number of esters is 1. The number of aromatic nitrogens is 2. The molecular formula is C23H26N4O4. The van der Waals surface area contributed by atoms with Crippen LogP contribution in [0.3, 0.4) is 0 Å². The molecule has 1 fully saturated rings. The average molecular weight is 422 g/mol. The molecule has 1 atom stereocenters. The molecule has 2 aromatic heterocycles. The van der Waals surface area contributed by atoms with Gasteiger partial charge in [0.2, 0.25) is 11.6 Å². The predicted octanol–water partition coefficient (Wildman–Crippen LogP) is 3.79. The molecule has 31 heavy (non-hydrogen) atoms. The lowest BCUT2D eigenvalue weighted by molar-refractivity contribution is -0.120. The minimum atomic E-state index is -0.481. The summed E-state index contributed by atoms with van der Waals surface area (Å²) in [5.41, 5.74) is 2.39. The SMILES string of the molecule is COC(=O)c1ccccc1NC(=O)C1CCCN(c2nc(C)nc3oc(C)c(C)c23)C1. The minimum Gasteiger partial charge on any atom is -0.465 e. The fourth-order valence-corrected chi connectivity index (χ4v) is 4.06. The highest BCUT2D eigenvalue weighted by Crippen LogP contribution is 2.33. The number of carbonyl (C=O) groups excluding carboxylic acids is 2. The van der Waals surface area contributed by atoms with Crippen LogP contribution in [0.25, 0.3) is 11.1 Å². The zero-order valence-corrected chi connectivity index (χ0v) is 18.2. The van der Waals surface area contributed by atoms with Crippen molar-refractivity contribution in [2.75, 3.05) is 30.4 Å². The number of hydrogen-bond acceptors (Lipinski definition) is 7. The molecule has 1 amide bonds. The number of hydrogen-bond donors (Lipinski definition) is 1. The second-order valence-electron chi connectivity index (χ2n) is 7.87. The number of anilines is 2. The van der Waals surface area contributed by atoms with Crippen LogP contribution in [0.1, 0.15) is 40.3 Å². The van der Waals surface area contributed by atoms with Crippen molar-refractivity contribution in [1.82, 2.24) is 9.97 Å². The Balaban J connectivity index is 1.58.